The maximum absolute atomic E-state index is 8.88. The lowest BCUT2D eigenvalue weighted by atomic mass is 10.2. The van der Waals surface area contributed by atoms with Crippen LogP contribution in [0.15, 0.2) is 12.1 Å². The molecule has 1 saturated carbocycles. The van der Waals surface area contributed by atoms with E-state index in [0.717, 1.165) is 11.5 Å². The van der Waals surface area contributed by atoms with E-state index in [1.165, 1.54) is 6.42 Å². The third-order valence-corrected chi connectivity index (χ3v) is 2.59. The van der Waals surface area contributed by atoms with E-state index >= 15 is 0 Å². The molecule has 0 bridgehead atoms. The van der Waals surface area contributed by atoms with Crippen molar-refractivity contribution in [2.24, 2.45) is 5.92 Å². The molecule has 0 radical (unpaired) electrons. The average molecular weight is 187 g/mol. The van der Waals surface area contributed by atoms with Crippen LogP contribution in [-0.4, -0.2) is 11.0 Å². The van der Waals surface area contributed by atoms with Gasteiger partial charge in [0.05, 0.1) is 5.56 Å². The molecule has 3 heteroatoms. The van der Waals surface area contributed by atoms with Gasteiger partial charge < -0.3 is 5.32 Å². The molecular weight excluding hydrogens is 174 g/mol. The second-order valence-electron chi connectivity index (χ2n) is 3.92. The minimum absolute atomic E-state index is 0.511. The van der Waals surface area contributed by atoms with E-state index in [-0.39, 0.29) is 0 Å². The Bertz CT molecular complexity index is 392. The van der Waals surface area contributed by atoms with Gasteiger partial charge in [0.25, 0.3) is 0 Å². The Morgan fingerprint density at radius 2 is 2.29 bits per heavy atom. The molecule has 2 unspecified atom stereocenters. The largest absolute Gasteiger partial charge is 0.366 e. The van der Waals surface area contributed by atoms with Crippen LogP contribution >= 0.6 is 0 Å². The summed E-state index contributed by atoms with van der Waals surface area (Å²) in [6.45, 7) is 4.13. The van der Waals surface area contributed by atoms with Crippen molar-refractivity contribution in [2.45, 2.75) is 26.3 Å². The molecule has 0 amide bonds. The van der Waals surface area contributed by atoms with Crippen molar-refractivity contribution in [2.75, 3.05) is 5.32 Å². The van der Waals surface area contributed by atoms with Crippen LogP contribution < -0.4 is 5.32 Å². The van der Waals surface area contributed by atoms with Gasteiger partial charge >= 0.3 is 0 Å². The van der Waals surface area contributed by atoms with Crippen molar-refractivity contribution < 1.29 is 0 Å². The van der Waals surface area contributed by atoms with E-state index in [0.29, 0.717) is 17.5 Å². The second-order valence-corrected chi connectivity index (χ2v) is 3.92. The number of aromatic nitrogens is 1. The van der Waals surface area contributed by atoms with Gasteiger partial charge in [0.1, 0.15) is 11.9 Å². The first kappa shape index (κ1) is 9.01. The molecule has 0 aliphatic heterocycles. The van der Waals surface area contributed by atoms with Gasteiger partial charge in [0.2, 0.25) is 0 Å². The molecule has 1 aliphatic carbocycles. The summed E-state index contributed by atoms with van der Waals surface area (Å²) in [5.41, 5.74) is 1.58. The molecule has 14 heavy (non-hydrogen) atoms. The highest BCUT2D eigenvalue weighted by Crippen LogP contribution is 2.32. The van der Waals surface area contributed by atoms with Crippen LogP contribution in [-0.2, 0) is 0 Å². The third-order valence-electron chi connectivity index (χ3n) is 2.59. The second kappa shape index (κ2) is 3.30. The summed E-state index contributed by atoms with van der Waals surface area (Å²) >= 11 is 0. The zero-order chi connectivity index (χ0) is 10.1. The predicted molar refractivity (Wildman–Crippen MR) is 54.9 cm³/mol. The molecule has 1 aromatic rings. The fraction of sp³-hybridized carbons (Fsp3) is 0.455. The maximum atomic E-state index is 8.88. The first-order chi connectivity index (χ1) is 6.70. The van der Waals surface area contributed by atoms with Gasteiger partial charge in [-0.1, -0.05) is 6.92 Å². The summed E-state index contributed by atoms with van der Waals surface area (Å²) in [6.07, 6.45) is 1.18. The molecule has 72 valence electrons. The molecule has 1 fully saturated rings. The molecule has 0 saturated heterocycles. The number of nitriles is 1. The van der Waals surface area contributed by atoms with Crippen molar-refractivity contribution >= 4 is 5.82 Å². The molecule has 0 spiro atoms. The Kier molecular flexibility index (Phi) is 2.12. The van der Waals surface area contributed by atoms with Crippen LogP contribution in [0.1, 0.15) is 24.6 Å². The number of aryl methyl sites for hydroxylation is 1. The first-order valence-corrected chi connectivity index (χ1v) is 4.85. The molecule has 1 aliphatic rings. The summed E-state index contributed by atoms with van der Waals surface area (Å²) in [5.74, 6) is 1.45. The summed E-state index contributed by atoms with van der Waals surface area (Å²) in [4.78, 5) is 4.32. The van der Waals surface area contributed by atoms with E-state index in [1.807, 2.05) is 19.1 Å². The molecule has 2 rings (SSSR count). The fourth-order valence-corrected chi connectivity index (χ4v) is 1.46. The van der Waals surface area contributed by atoms with Gasteiger partial charge in [-0.05, 0) is 31.4 Å². The van der Waals surface area contributed by atoms with E-state index in [4.69, 9.17) is 5.26 Å². The lowest BCUT2D eigenvalue weighted by Gasteiger charge is -2.06. The van der Waals surface area contributed by atoms with E-state index in [1.54, 1.807) is 0 Å². The molecule has 1 N–H and O–H groups in total. The highest BCUT2D eigenvalue weighted by molar-refractivity contribution is 5.53. The van der Waals surface area contributed by atoms with Crippen molar-refractivity contribution in [3.05, 3.63) is 23.4 Å². The first-order valence-electron chi connectivity index (χ1n) is 4.85. The topological polar surface area (TPSA) is 48.7 Å². The molecule has 3 nitrogen and oxygen atoms in total. The van der Waals surface area contributed by atoms with Gasteiger partial charge in [-0.15, -0.1) is 0 Å². The number of nitrogens with zero attached hydrogens (tertiary/aromatic N) is 2. The Morgan fingerprint density at radius 3 is 2.86 bits per heavy atom. The maximum Gasteiger partial charge on any atom is 0.144 e. The van der Waals surface area contributed by atoms with Crippen molar-refractivity contribution in [3.63, 3.8) is 0 Å². The number of rotatable bonds is 2. The van der Waals surface area contributed by atoms with Crippen LogP contribution in [0.4, 0.5) is 5.82 Å². The highest BCUT2D eigenvalue weighted by atomic mass is 15.1. The Morgan fingerprint density at radius 1 is 1.57 bits per heavy atom. The highest BCUT2D eigenvalue weighted by Gasteiger charge is 2.33. The smallest absolute Gasteiger partial charge is 0.144 e. The van der Waals surface area contributed by atoms with Crippen LogP contribution in [0.5, 0.6) is 0 Å². The van der Waals surface area contributed by atoms with E-state index < -0.39 is 0 Å². The monoisotopic (exact) mass is 187 g/mol. The lowest BCUT2D eigenvalue weighted by Crippen LogP contribution is -2.07. The number of nitrogens with one attached hydrogen (secondary N) is 1. The van der Waals surface area contributed by atoms with Gasteiger partial charge in [-0.3, -0.25) is 0 Å². The van der Waals surface area contributed by atoms with Crippen molar-refractivity contribution in [3.8, 4) is 6.07 Å². The van der Waals surface area contributed by atoms with E-state index in [2.05, 4.69) is 23.3 Å². The predicted octanol–water partition coefficient (Wildman–Crippen LogP) is 2.08. The zero-order valence-electron chi connectivity index (χ0n) is 8.41. The van der Waals surface area contributed by atoms with Crippen LogP contribution in [0.2, 0.25) is 0 Å². The van der Waals surface area contributed by atoms with Gasteiger partial charge in [-0.25, -0.2) is 4.98 Å². The van der Waals surface area contributed by atoms with Crippen LogP contribution in [0, 0.1) is 24.2 Å². The van der Waals surface area contributed by atoms with Crippen molar-refractivity contribution in [1.29, 1.82) is 5.26 Å². The number of anilines is 1. The normalized spacial score (nSPS) is 24.1. The molecule has 2 atom stereocenters. The quantitative estimate of drug-likeness (QED) is 0.771. The van der Waals surface area contributed by atoms with Crippen LogP contribution in [0.25, 0.3) is 0 Å². The molecule has 0 aromatic carbocycles. The SMILES string of the molecule is Cc1ccc(C#N)c(NC2CC2C)n1. The number of hydrogen-bond donors (Lipinski definition) is 1. The minimum atomic E-state index is 0.511. The van der Waals surface area contributed by atoms with Crippen molar-refractivity contribution in [1.82, 2.24) is 4.98 Å². The minimum Gasteiger partial charge on any atom is -0.366 e. The molecule has 1 heterocycles. The van der Waals surface area contributed by atoms with Crippen LogP contribution in [0.3, 0.4) is 0 Å². The Hall–Kier alpha value is -1.56. The lowest BCUT2D eigenvalue weighted by molar-refractivity contribution is 0.921. The molecule has 1 aromatic heterocycles. The van der Waals surface area contributed by atoms with E-state index in [9.17, 15) is 0 Å². The fourth-order valence-electron chi connectivity index (χ4n) is 1.46. The summed E-state index contributed by atoms with van der Waals surface area (Å²) in [7, 11) is 0. The summed E-state index contributed by atoms with van der Waals surface area (Å²) in [5, 5.41) is 12.2. The van der Waals surface area contributed by atoms with Gasteiger partial charge in [0, 0.05) is 11.7 Å². The Labute approximate surface area is 83.8 Å². The van der Waals surface area contributed by atoms with Gasteiger partial charge in [0.15, 0.2) is 0 Å². The zero-order valence-corrected chi connectivity index (χ0v) is 8.41. The Balaban J connectivity index is 2.22. The summed E-state index contributed by atoms with van der Waals surface area (Å²) in [6, 6.07) is 6.33. The number of hydrogen-bond acceptors (Lipinski definition) is 3. The van der Waals surface area contributed by atoms with Gasteiger partial charge in [-0.2, -0.15) is 5.26 Å². The third kappa shape index (κ3) is 1.69. The molecular formula is C11H13N3. The number of pyridine rings is 1. The summed E-state index contributed by atoms with van der Waals surface area (Å²) < 4.78 is 0. The average Bonchev–Trinajstić information content (AvgIpc) is 2.82. The standard InChI is InChI=1S/C11H13N3/c1-7-5-10(7)14-11-9(6-12)4-3-8(2)13-11/h3-4,7,10H,5H2,1-2H3,(H,13,14).